The minimum absolute atomic E-state index is 1.10. The molecule has 2 nitrogen and oxygen atoms in total. The molecule has 0 amide bonds. The lowest BCUT2D eigenvalue weighted by atomic mass is 9.96. The molecule has 284 valence electrons. The maximum Gasteiger partial charge on any atom is 0.0540 e. The third-order valence-electron chi connectivity index (χ3n) is 11.3. The van der Waals surface area contributed by atoms with Gasteiger partial charge in [0.1, 0.15) is 0 Å². The van der Waals surface area contributed by atoms with Gasteiger partial charge in [-0.1, -0.05) is 200 Å². The van der Waals surface area contributed by atoms with Crippen LogP contribution in [0, 0.1) is 0 Å². The minimum Gasteiger partial charge on any atom is -0.310 e. The molecule has 0 aliphatic heterocycles. The number of rotatable bonds is 10. The first-order valence-corrected chi connectivity index (χ1v) is 20.5. The molecule has 0 atom stereocenters. The molecule has 0 fully saturated rings. The molecule has 0 heterocycles. The van der Waals surface area contributed by atoms with Crippen molar-refractivity contribution in [1.29, 1.82) is 0 Å². The van der Waals surface area contributed by atoms with Crippen molar-refractivity contribution < 1.29 is 0 Å². The van der Waals surface area contributed by atoms with E-state index in [1.54, 1.807) is 0 Å². The van der Waals surface area contributed by atoms with Gasteiger partial charge in [-0.25, -0.2) is 0 Å². The Morgan fingerprint density at radius 2 is 0.550 bits per heavy atom. The molecule has 60 heavy (non-hydrogen) atoms. The van der Waals surface area contributed by atoms with Crippen LogP contribution in [0.15, 0.2) is 255 Å². The molecule has 0 radical (unpaired) electrons. The first-order valence-electron chi connectivity index (χ1n) is 20.5. The summed E-state index contributed by atoms with van der Waals surface area (Å²) in [6.07, 6.45) is 0. The van der Waals surface area contributed by atoms with E-state index in [0.29, 0.717) is 0 Å². The van der Waals surface area contributed by atoms with Crippen LogP contribution >= 0.6 is 0 Å². The fourth-order valence-electron chi connectivity index (χ4n) is 8.34. The normalized spacial score (nSPS) is 11.0. The van der Waals surface area contributed by atoms with E-state index in [-0.39, 0.29) is 0 Å². The summed E-state index contributed by atoms with van der Waals surface area (Å²) in [7, 11) is 0. The molecule has 0 bridgehead atoms. The molecule has 0 saturated heterocycles. The van der Waals surface area contributed by atoms with E-state index in [2.05, 4.69) is 265 Å². The smallest absolute Gasteiger partial charge is 0.0540 e. The molecule has 0 saturated carbocycles. The van der Waals surface area contributed by atoms with Crippen molar-refractivity contribution in [3.8, 4) is 44.5 Å². The van der Waals surface area contributed by atoms with E-state index in [1.165, 1.54) is 33.0 Å². The topological polar surface area (TPSA) is 6.48 Å². The second-order valence-electron chi connectivity index (χ2n) is 14.9. The second kappa shape index (κ2) is 16.5. The molecule has 2 heteroatoms. The van der Waals surface area contributed by atoms with E-state index >= 15 is 0 Å². The monoisotopic (exact) mass is 766 g/mol. The summed E-state index contributed by atoms with van der Waals surface area (Å²) in [5, 5.41) is 2.41. The van der Waals surface area contributed by atoms with Crippen LogP contribution in [0.25, 0.3) is 55.3 Å². The third-order valence-corrected chi connectivity index (χ3v) is 11.3. The zero-order valence-corrected chi connectivity index (χ0v) is 33.1. The van der Waals surface area contributed by atoms with Crippen molar-refractivity contribution in [3.05, 3.63) is 255 Å². The first-order chi connectivity index (χ1) is 29.8. The van der Waals surface area contributed by atoms with Crippen molar-refractivity contribution in [1.82, 2.24) is 0 Å². The summed E-state index contributed by atoms with van der Waals surface area (Å²) < 4.78 is 0. The number of nitrogens with zero attached hydrogens (tertiary/aromatic N) is 2. The van der Waals surface area contributed by atoms with Crippen LogP contribution in [-0.4, -0.2) is 0 Å². The molecule has 10 aromatic carbocycles. The van der Waals surface area contributed by atoms with Crippen molar-refractivity contribution >= 4 is 44.9 Å². The Morgan fingerprint density at radius 3 is 1.10 bits per heavy atom. The van der Waals surface area contributed by atoms with Crippen molar-refractivity contribution in [2.45, 2.75) is 0 Å². The first kappa shape index (κ1) is 36.4. The van der Waals surface area contributed by atoms with Crippen LogP contribution in [0.4, 0.5) is 34.1 Å². The largest absolute Gasteiger partial charge is 0.310 e. The molecule has 0 spiro atoms. The van der Waals surface area contributed by atoms with Gasteiger partial charge in [0.05, 0.1) is 17.1 Å². The van der Waals surface area contributed by atoms with E-state index in [9.17, 15) is 0 Å². The minimum atomic E-state index is 1.10. The predicted octanol–water partition coefficient (Wildman–Crippen LogP) is 16.4. The highest BCUT2D eigenvalue weighted by molar-refractivity contribution is 6.01. The van der Waals surface area contributed by atoms with Crippen LogP contribution in [0.5, 0.6) is 0 Å². The average molecular weight is 767 g/mol. The quantitative estimate of drug-likeness (QED) is 0.137. The van der Waals surface area contributed by atoms with E-state index < -0.39 is 0 Å². The highest BCUT2D eigenvalue weighted by Gasteiger charge is 2.21. The van der Waals surface area contributed by atoms with Gasteiger partial charge in [-0.05, 0) is 93.4 Å². The van der Waals surface area contributed by atoms with Crippen LogP contribution in [0.2, 0.25) is 0 Å². The van der Waals surface area contributed by atoms with Crippen LogP contribution in [-0.2, 0) is 0 Å². The number of hydrogen-bond acceptors (Lipinski definition) is 2. The van der Waals surface area contributed by atoms with Crippen LogP contribution < -0.4 is 9.80 Å². The lowest BCUT2D eigenvalue weighted by molar-refractivity contribution is 1.28. The van der Waals surface area contributed by atoms with Crippen molar-refractivity contribution in [2.75, 3.05) is 9.80 Å². The van der Waals surface area contributed by atoms with Gasteiger partial charge in [0.25, 0.3) is 0 Å². The summed E-state index contributed by atoms with van der Waals surface area (Å²) in [5.74, 6) is 0. The van der Waals surface area contributed by atoms with Gasteiger partial charge in [0.15, 0.2) is 0 Å². The molecule has 0 aliphatic rings. The molecular weight excluding hydrogens is 725 g/mol. The predicted molar refractivity (Wildman–Crippen MR) is 255 cm³/mol. The fourth-order valence-corrected chi connectivity index (χ4v) is 8.34. The van der Waals surface area contributed by atoms with Crippen LogP contribution in [0.3, 0.4) is 0 Å². The van der Waals surface area contributed by atoms with E-state index in [1.807, 2.05) is 0 Å². The van der Waals surface area contributed by atoms with E-state index in [0.717, 1.165) is 56.4 Å². The third kappa shape index (κ3) is 7.23. The maximum absolute atomic E-state index is 2.41. The number of anilines is 6. The molecular formula is C58H42N2. The van der Waals surface area contributed by atoms with Gasteiger partial charge in [-0.3, -0.25) is 0 Å². The molecule has 0 N–H and O–H groups in total. The Morgan fingerprint density at radius 1 is 0.200 bits per heavy atom. The average Bonchev–Trinajstić information content (AvgIpc) is 3.34. The van der Waals surface area contributed by atoms with Gasteiger partial charge >= 0.3 is 0 Å². The summed E-state index contributed by atoms with van der Waals surface area (Å²) in [6.45, 7) is 0. The molecule has 0 aromatic heterocycles. The maximum atomic E-state index is 2.41. The van der Waals surface area contributed by atoms with Gasteiger partial charge in [-0.15, -0.1) is 0 Å². The SMILES string of the molecule is c1ccc(-c2ccc(N(c3ccccc3)c3ccccc3-c3ccc(-c4ccccc4N(c4ccc(-c5ccccc5)cc4)c4cccc5ccccc45)cc3)cc2)cc1. The van der Waals surface area contributed by atoms with E-state index in [4.69, 9.17) is 0 Å². The number of benzene rings is 10. The summed E-state index contributed by atoms with van der Waals surface area (Å²) in [5.41, 5.74) is 16.1. The van der Waals surface area contributed by atoms with Crippen molar-refractivity contribution in [2.24, 2.45) is 0 Å². The van der Waals surface area contributed by atoms with Crippen LogP contribution in [0.1, 0.15) is 0 Å². The van der Waals surface area contributed by atoms with Gasteiger partial charge in [0, 0.05) is 33.6 Å². The fraction of sp³-hybridized carbons (Fsp3) is 0. The second-order valence-corrected chi connectivity index (χ2v) is 14.9. The Bertz CT molecular complexity index is 2990. The highest BCUT2D eigenvalue weighted by atomic mass is 15.2. The molecule has 10 rings (SSSR count). The zero-order chi connectivity index (χ0) is 40.1. The lowest BCUT2D eigenvalue weighted by Gasteiger charge is -2.29. The standard InChI is InChI=1S/C58H42N2/c1-4-17-43(18-5-1)45-35-39-51(40-36-45)59(50-23-8-3-9-24-50)56-28-14-12-26-54(56)48-31-33-49(34-32-48)55-27-13-15-29-57(55)60(58-30-16-22-47-21-10-11-25-53(47)58)52-41-37-46(38-42-52)44-19-6-2-7-20-44/h1-42H. The lowest BCUT2D eigenvalue weighted by Crippen LogP contribution is -2.11. The Hall–Kier alpha value is -7.94. The number of para-hydroxylation sites is 3. The Balaban J connectivity index is 1.05. The summed E-state index contributed by atoms with van der Waals surface area (Å²) >= 11 is 0. The summed E-state index contributed by atoms with van der Waals surface area (Å²) in [4.78, 5) is 4.77. The Labute approximate surface area is 352 Å². The molecule has 10 aromatic rings. The molecule has 0 aliphatic carbocycles. The molecule has 0 unspecified atom stereocenters. The van der Waals surface area contributed by atoms with Crippen molar-refractivity contribution in [3.63, 3.8) is 0 Å². The summed E-state index contributed by atoms with van der Waals surface area (Å²) in [6, 6.07) is 91.4. The zero-order valence-electron chi connectivity index (χ0n) is 33.1. The highest BCUT2D eigenvalue weighted by Crippen LogP contribution is 2.45. The van der Waals surface area contributed by atoms with Gasteiger partial charge < -0.3 is 9.80 Å². The Kier molecular flexibility index (Phi) is 10.0. The number of hydrogen-bond donors (Lipinski definition) is 0. The van der Waals surface area contributed by atoms with Gasteiger partial charge in [-0.2, -0.15) is 0 Å². The van der Waals surface area contributed by atoms with Gasteiger partial charge in [0.2, 0.25) is 0 Å². The number of fused-ring (bicyclic) bond motifs is 1.